The molecule has 0 radical (unpaired) electrons. The van der Waals surface area contributed by atoms with Crippen molar-refractivity contribution in [3.63, 3.8) is 0 Å². The van der Waals surface area contributed by atoms with Crippen molar-refractivity contribution in [2.24, 2.45) is 0 Å². The van der Waals surface area contributed by atoms with E-state index in [9.17, 15) is 4.79 Å². The molecule has 6 nitrogen and oxygen atoms in total. The van der Waals surface area contributed by atoms with Crippen molar-refractivity contribution in [3.8, 4) is 0 Å². The van der Waals surface area contributed by atoms with Crippen molar-refractivity contribution in [2.75, 3.05) is 13.1 Å². The molecule has 19 heavy (non-hydrogen) atoms. The Labute approximate surface area is 113 Å². The largest absolute Gasteiger partial charge is 0.339 e. The highest BCUT2D eigenvalue weighted by Gasteiger charge is 2.26. The van der Waals surface area contributed by atoms with E-state index in [2.05, 4.69) is 15.5 Å². The Morgan fingerprint density at radius 2 is 2.32 bits per heavy atom. The smallest absolute Gasteiger partial charge is 0.295 e. The summed E-state index contributed by atoms with van der Waals surface area (Å²) in [6.07, 6.45) is 3.55. The maximum Gasteiger partial charge on any atom is 0.295 e. The lowest BCUT2D eigenvalue weighted by atomic mass is 10.0. The van der Waals surface area contributed by atoms with Gasteiger partial charge in [0.15, 0.2) is 0 Å². The molecule has 6 heteroatoms. The second kappa shape index (κ2) is 6.14. The fourth-order valence-electron chi connectivity index (χ4n) is 2.36. The van der Waals surface area contributed by atoms with Gasteiger partial charge in [-0.25, -0.2) is 0 Å². The molecule has 1 unspecified atom stereocenters. The number of piperidine rings is 1. The first kappa shape index (κ1) is 14.0. The van der Waals surface area contributed by atoms with E-state index in [4.69, 9.17) is 4.52 Å². The third-order valence-electron chi connectivity index (χ3n) is 3.43. The van der Waals surface area contributed by atoms with Gasteiger partial charge in [0.2, 0.25) is 5.89 Å². The number of nitrogens with zero attached hydrogens (tertiary/aromatic N) is 3. The van der Waals surface area contributed by atoms with Gasteiger partial charge in [-0.1, -0.05) is 11.6 Å². The van der Waals surface area contributed by atoms with Crippen LogP contribution >= 0.6 is 0 Å². The van der Waals surface area contributed by atoms with Crippen LogP contribution < -0.4 is 5.32 Å². The van der Waals surface area contributed by atoms with Crippen LogP contribution in [0, 0.1) is 6.92 Å². The molecule has 1 aliphatic rings. The summed E-state index contributed by atoms with van der Waals surface area (Å²) in [7, 11) is 0. The Kier molecular flexibility index (Phi) is 4.52. The Morgan fingerprint density at radius 1 is 1.53 bits per heavy atom. The minimum absolute atomic E-state index is 0.120. The molecule has 0 saturated carbocycles. The van der Waals surface area contributed by atoms with Gasteiger partial charge < -0.3 is 14.7 Å². The second-order valence-electron chi connectivity index (χ2n) is 5.34. The van der Waals surface area contributed by atoms with Gasteiger partial charge in [0.1, 0.15) is 0 Å². The van der Waals surface area contributed by atoms with Gasteiger partial charge in [-0.3, -0.25) is 4.79 Å². The van der Waals surface area contributed by atoms with E-state index < -0.39 is 0 Å². The minimum Gasteiger partial charge on any atom is -0.339 e. The van der Waals surface area contributed by atoms with E-state index in [0.29, 0.717) is 18.5 Å². The Morgan fingerprint density at radius 3 is 2.84 bits per heavy atom. The third-order valence-corrected chi connectivity index (χ3v) is 3.43. The van der Waals surface area contributed by atoms with Crippen LogP contribution in [0.5, 0.6) is 0 Å². The summed E-state index contributed by atoms with van der Waals surface area (Å²) in [4.78, 5) is 18.2. The first-order valence-corrected chi connectivity index (χ1v) is 6.92. The predicted octanol–water partition coefficient (Wildman–Crippen LogP) is 1.37. The van der Waals surface area contributed by atoms with E-state index in [0.717, 1.165) is 13.0 Å². The summed E-state index contributed by atoms with van der Waals surface area (Å²) >= 11 is 0. The Bertz CT molecular complexity index is 424. The molecule has 1 aromatic heterocycles. The SMILES string of the molecule is Cc1nc(C(=O)N(CC2CCCCN2)C(C)C)no1. The van der Waals surface area contributed by atoms with Crippen molar-refractivity contribution < 1.29 is 9.32 Å². The number of carbonyl (C=O) groups is 1. The molecular formula is C13H22N4O2. The zero-order valence-corrected chi connectivity index (χ0v) is 11.8. The first-order valence-electron chi connectivity index (χ1n) is 6.92. The molecule has 1 aliphatic heterocycles. The highest BCUT2D eigenvalue weighted by atomic mass is 16.5. The van der Waals surface area contributed by atoms with Crippen LogP contribution in [-0.4, -0.2) is 46.1 Å². The van der Waals surface area contributed by atoms with Crippen LogP contribution in [0.1, 0.15) is 49.6 Å². The first-order chi connectivity index (χ1) is 9.08. The van der Waals surface area contributed by atoms with Gasteiger partial charge in [-0.15, -0.1) is 0 Å². The van der Waals surface area contributed by atoms with Crippen LogP contribution in [-0.2, 0) is 0 Å². The Hall–Kier alpha value is -1.43. The quantitative estimate of drug-likeness (QED) is 0.891. The molecule has 0 bridgehead atoms. The van der Waals surface area contributed by atoms with E-state index in [-0.39, 0.29) is 17.8 Å². The normalized spacial score (nSPS) is 19.7. The van der Waals surface area contributed by atoms with E-state index >= 15 is 0 Å². The zero-order valence-electron chi connectivity index (χ0n) is 11.8. The second-order valence-corrected chi connectivity index (χ2v) is 5.34. The summed E-state index contributed by atoms with van der Waals surface area (Å²) in [5.41, 5.74) is 0. The summed E-state index contributed by atoms with van der Waals surface area (Å²) < 4.78 is 4.88. The topological polar surface area (TPSA) is 71.3 Å². The predicted molar refractivity (Wildman–Crippen MR) is 70.8 cm³/mol. The lowest BCUT2D eigenvalue weighted by Crippen LogP contribution is -2.48. The highest BCUT2D eigenvalue weighted by Crippen LogP contribution is 2.12. The molecule has 0 spiro atoms. The molecule has 1 N–H and O–H groups in total. The lowest BCUT2D eigenvalue weighted by Gasteiger charge is -2.32. The van der Waals surface area contributed by atoms with Crippen LogP contribution in [0.25, 0.3) is 0 Å². The standard InChI is InChI=1S/C13H22N4O2/c1-9(2)17(8-11-6-4-5-7-14-11)13(18)12-15-10(3)19-16-12/h9,11,14H,4-8H2,1-3H3. The lowest BCUT2D eigenvalue weighted by molar-refractivity contribution is 0.0661. The average Bonchev–Trinajstić information content (AvgIpc) is 2.83. The van der Waals surface area contributed by atoms with Crippen molar-refractivity contribution in [2.45, 2.75) is 52.1 Å². The molecule has 1 saturated heterocycles. The molecule has 0 aromatic carbocycles. The molecule has 1 aromatic rings. The summed E-state index contributed by atoms with van der Waals surface area (Å²) in [6.45, 7) is 7.43. The molecule has 1 amide bonds. The molecule has 106 valence electrons. The third kappa shape index (κ3) is 3.53. The highest BCUT2D eigenvalue weighted by molar-refractivity contribution is 5.90. The summed E-state index contributed by atoms with van der Waals surface area (Å²) in [5, 5.41) is 7.17. The number of aryl methyl sites for hydroxylation is 1. The molecule has 2 heterocycles. The maximum absolute atomic E-state index is 12.4. The summed E-state index contributed by atoms with van der Waals surface area (Å²) in [6, 6.07) is 0.489. The van der Waals surface area contributed by atoms with Crippen LogP contribution in [0.4, 0.5) is 0 Å². The van der Waals surface area contributed by atoms with Crippen molar-refractivity contribution in [1.29, 1.82) is 0 Å². The number of carbonyl (C=O) groups excluding carboxylic acids is 1. The molecule has 2 rings (SSSR count). The molecule has 0 aliphatic carbocycles. The number of amides is 1. The molecular weight excluding hydrogens is 244 g/mol. The van der Waals surface area contributed by atoms with Gasteiger partial charge in [0, 0.05) is 25.6 Å². The molecule has 1 fully saturated rings. The number of hydrogen-bond acceptors (Lipinski definition) is 5. The van der Waals surface area contributed by atoms with Crippen molar-refractivity contribution in [1.82, 2.24) is 20.4 Å². The fourth-order valence-corrected chi connectivity index (χ4v) is 2.36. The summed E-state index contributed by atoms with van der Waals surface area (Å²) in [5.74, 6) is 0.420. The van der Waals surface area contributed by atoms with E-state index in [1.165, 1.54) is 12.8 Å². The van der Waals surface area contributed by atoms with E-state index in [1.807, 2.05) is 18.7 Å². The van der Waals surface area contributed by atoms with Gasteiger partial charge >= 0.3 is 0 Å². The minimum atomic E-state index is -0.153. The average molecular weight is 266 g/mol. The monoisotopic (exact) mass is 266 g/mol. The van der Waals surface area contributed by atoms with Crippen molar-refractivity contribution >= 4 is 5.91 Å². The van der Waals surface area contributed by atoms with Crippen molar-refractivity contribution in [3.05, 3.63) is 11.7 Å². The Balaban J connectivity index is 2.04. The van der Waals surface area contributed by atoms with Crippen LogP contribution in [0.3, 0.4) is 0 Å². The molecule has 1 atom stereocenters. The van der Waals surface area contributed by atoms with Crippen LogP contribution in [0.2, 0.25) is 0 Å². The van der Waals surface area contributed by atoms with Gasteiger partial charge in [-0.2, -0.15) is 4.98 Å². The van der Waals surface area contributed by atoms with Gasteiger partial charge in [-0.05, 0) is 33.2 Å². The number of rotatable bonds is 4. The fraction of sp³-hybridized carbons (Fsp3) is 0.769. The van der Waals surface area contributed by atoms with Gasteiger partial charge in [0.25, 0.3) is 11.7 Å². The maximum atomic E-state index is 12.4. The number of nitrogens with one attached hydrogen (secondary N) is 1. The number of hydrogen-bond donors (Lipinski definition) is 1. The van der Waals surface area contributed by atoms with Crippen LogP contribution in [0.15, 0.2) is 4.52 Å². The van der Waals surface area contributed by atoms with Gasteiger partial charge in [0.05, 0.1) is 0 Å². The zero-order chi connectivity index (χ0) is 13.8. The van der Waals surface area contributed by atoms with E-state index in [1.54, 1.807) is 6.92 Å². The number of aromatic nitrogens is 2.